The zero-order chi connectivity index (χ0) is 18.6. The van der Waals surface area contributed by atoms with Crippen LogP contribution in [0.2, 0.25) is 0 Å². The van der Waals surface area contributed by atoms with Crippen molar-refractivity contribution in [2.24, 2.45) is 0 Å². The number of nitrogens with zero attached hydrogens (tertiary/aromatic N) is 1. The second-order valence-corrected chi connectivity index (χ2v) is 5.28. The number of carbonyl (C=O) groups is 2. The van der Waals surface area contributed by atoms with E-state index < -0.39 is 34.4 Å². The van der Waals surface area contributed by atoms with Gasteiger partial charge in [0.05, 0.1) is 10.5 Å². The lowest BCUT2D eigenvalue weighted by Crippen LogP contribution is -2.30. The fourth-order valence-corrected chi connectivity index (χ4v) is 2.05. The Bertz CT molecular complexity index is 838. The number of aryl methyl sites for hydroxylation is 1. The molecule has 2 rings (SSSR count). The van der Waals surface area contributed by atoms with Gasteiger partial charge in [0.2, 0.25) is 5.82 Å². The normalized spacial score (nSPS) is 11.5. The number of carbonyl (C=O) groups excluding carboxylic acids is 2. The zero-order valence-electron chi connectivity index (χ0n) is 13.5. The first-order valence-electron chi connectivity index (χ1n) is 7.31. The number of anilines is 1. The van der Waals surface area contributed by atoms with Crippen LogP contribution in [-0.2, 0) is 9.53 Å². The van der Waals surface area contributed by atoms with E-state index in [1.807, 2.05) is 0 Å². The number of ether oxygens (including phenoxy) is 1. The summed E-state index contributed by atoms with van der Waals surface area (Å²) in [7, 11) is 0. The maximum atomic E-state index is 13.3. The van der Waals surface area contributed by atoms with E-state index in [2.05, 4.69) is 5.32 Å². The first kappa shape index (κ1) is 18.1. The van der Waals surface area contributed by atoms with Gasteiger partial charge in [-0.2, -0.15) is 4.39 Å². The number of esters is 1. The summed E-state index contributed by atoms with van der Waals surface area (Å²) in [5.74, 6) is -2.37. The molecule has 1 atom stereocenters. The first-order valence-corrected chi connectivity index (χ1v) is 7.31. The third-order valence-electron chi connectivity index (χ3n) is 3.43. The van der Waals surface area contributed by atoms with Gasteiger partial charge in [-0.3, -0.25) is 14.9 Å². The number of hydrogen-bond donors (Lipinski definition) is 1. The van der Waals surface area contributed by atoms with Gasteiger partial charge in [-0.25, -0.2) is 4.79 Å². The highest BCUT2D eigenvalue weighted by Crippen LogP contribution is 2.22. The second-order valence-electron chi connectivity index (χ2n) is 5.28. The predicted molar refractivity (Wildman–Crippen MR) is 87.7 cm³/mol. The molecule has 0 aliphatic heterocycles. The molecular formula is C17H15FN2O5. The molecule has 0 aliphatic rings. The molecule has 1 amide bonds. The lowest BCUT2D eigenvalue weighted by molar-refractivity contribution is -0.387. The van der Waals surface area contributed by atoms with Crippen molar-refractivity contribution < 1.29 is 23.6 Å². The molecule has 0 saturated carbocycles. The molecule has 2 aromatic rings. The summed E-state index contributed by atoms with van der Waals surface area (Å²) in [5, 5.41) is 13.1. The topological polar surface area (TPSA) is 98.5 Å². The fourth-order valence-electron chi connectivity index (χ4n) is 2.05. The minimum atomic E-state index is -1.14. The van der Waals surface area contributed by atoms with Crippen molar-refractivity contribution in [3.63, 3.8) is 0 Å². The molecule has 130 valence electrons. The third-order valence-corrected chi connectivity index (χ3v) is 3.43. The predicted octanol–water partition coefficient (Wildman–Crippen LogP) is 3.23. The van der Waals surface area contributed by atoms with Crippen molar-refractivity contribution in [1.29, 1.82) is 0 Å². The summed E-state index contributed by atoms with van der Waals surface area (Å²) < 4.78 is 18.4. The molecule has 1 unspecified atom stereocenters. The molecule has 1 N–H and O–H groups in total. The van der Waals surface area contributed by atoms with Crippen LogP contribution in [0.3, 0.4) is 0 Å². The van der Waals surface area contributed by atoms with Crippen molar-refractivity contribution in [2.75, 3.05) is 5.32 Å². The van der Waals surface area contributed by atoms with Crippen molar-refractivity contribution in [1.82, 2.24) is 0 Å². The number of amides is 1. The summed E-state index contributed by atoms with van der Waals surface area (Å²) in [6, 6.07) is 9.69. The molecule has 0 bridgehead atoms. The van der Waals surface area contributed by atoms with E-state index in [9.17, 15) is 24.1 Å². The van der Waals surface area contributed by atoms with Gasteiger partial charge in [0.1, 0.15) is 0 Å². The van der Waals surface area contributed by atoms with E-state index in [1.165, 1.54) is 13.0 Å². The Morgan fingerprint density at radius 3 is 2.56 bits per heavy atom. The third kappa shape index (κ3) is 4.37. The van der Waals surface area contributed by atoms with Crippen LogP contribution in [0.4, 0.5) is 15.8 Å². The lowest BCUT2D eigenvalue weighted by atomic mass is 10.1. The molecule has 2 aromatic carbocycles. The van der Waals surface area contributed by atoms with Crippen LogP contribution in [0.15, 0.2) is 42.5 Å². The Balaban J connectivity index is 2.06. The quantitative estimate of drug-likeness (QED) is 0.509. The van der Waals surface area contributed by atoms with Crippen LogP contribution in [0.5, 0.6) is 0 Å². The molecule has 0 aromatic heterocycles. The number of halogens is 1. The van der Waals surface area contributed by atoms with E-state index in [0.717, 1.165) is 12.1 Å². The second kappa shape index (κ2) is 7.52. The number of hydrogen-bond acceptors (Lipinski definition) is 5. The smallest absolute Gasteiger partial charge is 0.339 e. The number of rotatable bonds is 5. The molecule has 0 spiro atoms. The largest absolute Gasteiger partial charge is 0.449 e. The Hall–Kier alpha value is -3.29. The minimum Gasteiger partial charge on any atom is -0.449 e. The SMILES string of the molecule is Cc1ccccc1C(=O)OC(C)C(=O)Nc1ccc(F)c([N+](=O)[O-])c1. The van der Waals surface area contributed by atoms with Gasteiger partial charge in [0.15, 0.2) is 6.10 Å². The van der Waals surface area contributed by atoms with Crippen LogP contribution in [0.1, 0.15) is 22.8 Å². The molecule has 25 heavy (non-hydrogen) atoms. The maximum Gasteiger partial charge on any atom is 0.339 e. The van der Waals surface area contributed by atoms with Gasteiger partial charge in [-0.05, 0) is 37.6 Å². The van der Waals surface area contributed by atoms with Gasteiger partial charge in [0, 0.05) is 11.8 Å². The molecule has 0 heterocycles. The fraction of sp³-hybridized carbons (Fsp3) is 0.176. The molecule has 0 saturated heterocycles. The standard InChI is InChI=1S/C17H15FN2O5/c1-10-5-3-4-6-13(10)17(22)25-11(2)16(21)19-12-7-8-14(18)15(9-12)20(23)24/h3-9,11H,1-2H3,(H,19,21). The van der Waals surface area contributed by atoms with Crippen LogP contribution in [0, 0.1) is 22.9 Å². The van der Waals surface area contributed by atoms with Crippen LogP contribution in [0.25, 0.3) is 0 Å². The number of nitro groups is 1. The van der Waals surface area contributed by atoms with E-state index >= 15 is 0 Å². The highest BCUT2D eigenvalue weighted by Gasteiger charge is 2.21. The summed E-state index contributed by atoms with van der Waals surface area (Å²) in [5.41, 5.74) is 0.299. The van der Waals surface area contributed by atoms with Crippen molar-refractivity contribution in [3.05, 3.63) is 69.5 Å². The molecule has 0 aliphatic carbocycles. The molecule has 0 radical (unpaired) electrons. The first-order chi connectivity index (χ1) is 11.8. The lowest BCUT2D eigenvalue weighted by Gasteiger charge is -2.14. The van der Waals surface area contributed by atoms with Crippen molar-refractivity contribution in [3.8, 4) is 0 Å². The number of nitro benzene ring substituents is 1. The minimum absolute atomic E-state index is 0.0249. The number of benzene rings is 2. The average Bonchev–Trinajstić information content (AvgIpc) is 2.56. The summed E-state index contributed by atoms with van der Waals surface area (Å²) in [6.07, 6.45) is -1.14. The van der Waals surface area contributed by atoms with Crippen LogP contribution in [-0.4, -0.2) is 22.9 Å². The van der Waals surface area contributed by atoms with Gasteiger partial charge in [-0.1, -0.05) is 18.2 Å². The Kier molecular flexibility index (Phi) is 5.43. The van der Waals surface area contributed by atoms with E-state index in [-0.39, 0.29) is 5.69 Å². The van der Waals surface area contributed by atoms with Crippen molar-refractivity contribution >= 4 is 23.3 Å². The molecular weight excluding hydrogens is 331 g/mol. The van der Waals surface area contributed by atoms with Gasteiger partial charge < -0.3 is 10.1 Å². The highest BCUT2D eigenvalue weighted by atomic mass is 19.1. The highest BCUT2D eigenvalue weighted by molar-refractivity contribution is 5.97. The van der Waals surface area contributed by atoms with Crippen LogP contribution >= 0.6 is 0 Å². The molecule has 0 fully saturated rings. The Morgan fingerprint density at radius 2 is 1.92 bits per heavy atom. The van der Waals surface area contributed by atoms with Gasteiger partial charge in [0.25, 0.3) is 5.91 Å². The van der Waals surface area contributed by atoms with Crippen molar-refractivity contribution in [2.45, 2.75) is 20.0 Å². The van der Waals surface area contributed by atoms with Gasteiger partial charge >= 0.3 is 11.7 Å². The van der Waals surface area contributed by atoms with E-state index in [1.54, 1.807) is 31.2 Å². The maximum absolute atomic E-state index is 13.3. The zero-order valence-corrected chi connectivity index (χ0v) is 13.5. The Labute approximate surface area is 142 Å². The number of nitrogens with one attached hydrogen (secondary N) is 1. The van der Waals surface area contributed by atoms with Crippen LogP contribution < -0.4 is 5.32 Å². The Morgan fingerprint density at radius 1 is 1.24 bits per heavy atom. The summed E-state index contributed by atoms with van der Waals surface area (Å²) in [4.78, 5) is 34.0. The van der Waals surface area contributed by atoms with E-state index in [0.29, 0.717) is 11.1 Å². The summed E-state index contributed by atoms with van der Waals surface area (Å²) >= 11 is 0. The molecule has 8 heteroatoms. The monoisotopic (exact) mass is 346 g/mol. The molecule has 7 nitrogen and oxygen atoms in total. The van der Waals surface area contributed by atoms with Gasteiger partial charge in [-0.15, -0.1) is 0 Å². The average molecular weight is 346 g/mol. The van der Waals surface area contributed by atoms with E-state index in [4.69, 9.17) is 4.74 Å². The summed E-state index contributed by atoms with van der Waals surface area (Å²) in [6.45, 7) is 3.10.